The van der Waals surface area contributed by atoms with E-state index in [1.165, 1.54) is 5.56 Å². The van der Waals surface area contributed by atoms with Gasteiger partial charge < -0.3 is 10.8 Å². The first-order valence-corrected chi connectivity index (χ1v) is 6.98. The molecular weight excluding hydrogens is 246 g/mol. The first-order chi connectivity index (χ1) is 9.39. The number of aliphatic hydroxyl groups excluding tert-OH is 1. The Hall–Kier alpha value is -1.64. The monoisotopic (exact) mass is 269 g/mol. The van der Waals surface area contributed by atoms with Gasteiger partial charge in [0.2, 0.25) is 0 Å². The summed E-state index contributed by atoms with van der Waals surface area (Å²) in [6.45, 7) is 6.52. The van der Waals surface area contributed by atoms with Gasteiger partial charge in [0.1, 0.15) is 0 Å². The van der Waals surface area contributed by atoms with Crippen LogP contribution in [0.5, 0.6) is 0 Å². The fraction of sp³-hybridized carbons (Fsp3) is 0.333. The normalized spacial score (nSPS) is 14.8. The molecule has 0 aliphatic heterocycles. The Balaban J connectivity index is 2.19. The van der Waals surface area contributed by atoms with Crippen molar-refractivity contribution in [1.82, 2.24) is 0 Å². The quantitative estimate of drug-likeness (QED) is 0.892. The number of benzene rings is 2. The molecule has 20 heavy (non-hydrogen) atoms. The number of hydrogen-bond donors (Lipinski definition) is 2. The third kappa shape index (κ3) is 3.27. The van der Waals surface area contributed by atoms with Gasteiger partial charge in [-0.3, -0.25) is 0 Å². The van der Waals surface area contributed by atoms with Gasteiger partial charge >= 0.3 is 0 Å². The summed E-state index contributed by atoms with van der Waals surface area (Å²) in [4.78, 5) is 0. The second kappa shape index (κ2) is 5.78. The van der Waals surface area contributed by atoms with Crippen LogP contribution in [-0.2, 0) is 5.41 Å². The molecule has 2 heteroatoms. The van der Waals surface area contributed by atoms with Gasteiger partial charge in [-0.25, -0.2) is 0 Å². The molecule has 0 amide bonds. The molecule has 0 saturated heterocycles. The highest BCUT2D eigenvalue weighted by Crippen LogP contribution is 2.29. The molecule has 0 radical (unpaired) electrons. The van der Waals surface area contributed by atoms with E-state index in [4.69, 9.17) is 5.73 Å². The summed E-state index contributed by atoms with van der Waals surface area (Å²) >= 11 is 0. The van der Waals surface area contributed by atoms with Gasteiger partial charge in [-0.05, 0) is 22.1 Å². The van der Waals surface area contributed by atoms with Crippen molar-refractivity contribution in [2.45, 2.75) is 38.3 Å². The molecule has 2 rings (SSSR count). The number of nitrogens with two attached hydrogens (primary N) is 1. The molecule has 0 heterocycles. The lowest BCUT2D eigenvalue weighted by Crippen LogP contribution is -2.19. The van der Waals surface area contributed by atoms with Crippen LogP contribution in [0.2, 0.25) is 0 Å². The average Bonchev–Trinajstić information content (AvgIpc) is 2.46. The highest BCUT2D eigenvalue weighted by atomic mass is 16.3. The average molecular weight is 269 g/mol. The Morgan fingerprint density at radius 2 is 1.40 bits per heavy atom. The fourth-order valence-corrected chi connectivity index (χ4v) is 2.25. The molecular formula is C18H23NO. The minimum Gasteiger partial charge on any atom is -0.386 e. The molecule has 0 aromatic heterocycles. The first kappa shape index (κ1) is 14.8. The van der Waals surface area contributed by atoms with Crippen LogP contribution >= 0.6 is 0 Å². The molecule has 0 bridgehead atoms. The fourth-order valence-electron chi connectivity index (χ4n) is 2.25. The van der Waals surface area contributed by atoms with E-state index in [0.717, 1.165) is 11.1 Å². The SMILES string of the molecule is CC(C)(C)c1ccc(C(O)C(N)c2ccccc2)cc1. The van der Waals surface area contributed by atoms with Gasteiger partial charge in [-0.1, -0.05) is 75.4 Å². The third-order valence-corrected chi connectivity index (χ3v) is 3.64. The maximum Gasteiger partial charge on any atom is 0.0982 e. The number of hydrogen-bond acceptors (Lipinski definition) is 2. The first-order valence-electron chi connectivity index (χ1n) is 6.98. The van der Waals surface area contributed by atoms with Gasteiger partial charge in [0.05, 0.1) is 12.1 Å². The lowest BCUT2D eigenvalue weighted by molar-refractivity contribution is 0.147. The Bertz CT molecular complexity index is 540. The van der Waals surface area contributed by atoms with Crippen molar-refractivity contribution < 1.29 is 5.11 Å². The highest BCUT2D eigenvalue weighted by Gasteiger charge is 2.19. The zero-order valence-corrected chi connectivity index (χ0v) is 12.4. The van der Waals surface area contributed by atoms with E-state index in [-0.39, 0.29) is 5.41 Å². The molecule has 0 saturated carbocycles. The van der Waals surface area contributed by atoms with Gasteiger partial charge in [0.25, 0.3) is 0 Å². The summed E-state index contributed by atoms with van der Waals surface area (Å²) in [7, 11) is 0. The summed E-state index contributed by atoms with van der Waals surface area (Å²) in [5.41, 5.74) is 9.31. The van der Waals surface area contributed by atoms with E-state index in [2.05, 4.69) is 32.9 Å². The van der Waals surface area contributed by atoms with Crippen LogP contribution in [0.25, 0.3) is 0 Å². The zero-order chi connectivity index (χ0) is 14.8. The maximum absolute atomic E-state index is 10.4. The predicted octanol–water partition coefficient (Wildman–Crippen LogP) is 3.72. The molecule has 0 fully saturated rings. The molecule has 2 nitrogen and oxygen atoms in total. The molecule has 3 N–H and O–H groups in total. The van der Waals surface area contributed by atoms with Crippen molar-refractivity contribution in [2.24, 2.45) is 5.73 Å². The second-order valence-electron chi connectivity index (χ2n) is 6.25. The Labute approximate surface area is 121 Å². The summed E-state index contributed by atoms with van der Waals surface area (Å²) in [6.07, 6.45) is -0.689. The summed E-state index contributed by atoms with van der Waals surface area (Å²) in [5, 5.41) is 10.4. The number of aliphatic hydroxyl groups is 1. The Kier molecular flexibility index (Phi) is 4.26. The topological polar surface area (TPSA) is 46.2 Å². The highest BCUT2D eigenvalue weighted by molar-refractivity contribution is 5.31. The van der Waals surface area contributed by atoms with Gasteiger partial charge in [0, 0.05) is 0 Å². The minimum absolute atomic E-state index is 0.116. The van der Waals surface area contributed by atoms with E-state index in [1.54, 1.807) is 0 Å². The summed E-state index contributed by atoms with van der Waals surface area (Å²) in [5.74, 6) is 0. The van der Waals surface area contributed by atoms with Crippen LogP contribution in [-0.4, -0.2) is 5.11 Å². The van der Waals surface area contributed by atoms with Crippen LogP contribution in [0.1, 0.15) is 49.6 Å². The van der Waals surface area contributed by atoms with E-state index in [1.807, 2.05) is 42.5 Å². The largest absolute Gasteiger partial charge is 0.386 e. The standard InChI is InChI=1S/C18H23NO/c1-18(2,3)15-11-9-14(10-12-15)17(20)16(19)13-7-5-4-6-8-13/h4-12,16-17,20H,19H2,1-3H3. The lowest BCUT2D eigenvalue weighted by Gasteiger charge is -2.22. The van der Waals surface area contributed by atoms with Crippen LogP contribution in [0, 0.1) is 0 Å². The molecule has 0 aliphatic carbocycles. The van der Waals surface area contributed by atoms with Crippen molar-refractivity contribution in [2.75, 3.05) is 0 Å². The van der Waals surface area contributed by atoms with Crippen LogP contribution in [0.3, 0.4) is 0 Å². The van der Waals surface area contributed by atoms with Crippen molar-refractivity contribution >= 4 is 0 Å². The molecule has 2 aromatic carbocycles. The van der Waals surface area contributed by atoms with Gasteiger partial charge in [0.15, 0.2) is 0 Å². The van der Waals surface area contributed by atoms with Crippen LogP contribution < -0.4 is 5.73 Å². The zero-order valence-electron chi connectivity index (χ0n) is 12.4. The van der Waals surface area contributed by atoms with Crippen LogP contribution in [0.15, 0.2) is 54.6 Å². The number of rotatable bonds is 3. The van der Waals surface area contributed by atoms with Crippen molar-refractivity contribution in [3.63, 3.8) is 0 Å². The van der Waals surface area contributed by atoms with Gasteiger partial charge in [-0.2, -0.15) is 0 Å². The van der Waals surface area contributed by atoms with Crippen molar-refractivity contribution in [3.05, 3.63) is 71.3 Å². The second-order valence-corrected chi connectivity index (χ2v) is 6.25. The Morgan fingerprint density at radius 1 is 0.850 bits per heavy atom. The van der Waals surface area contributed by atoms with E-state index in [0.29, 0.717) is 0 Å². The molecule has 2 atom stereocenters. The van der Waals surface area contributed by atoms with Crippen LogP contribution in [0.4, 0.5) is 0 Å². The van der Waals surface area contributed by atoms with Crippen molar-refractivity contribution in [3.8, 4) is 0 Å². The summed E-state index contributed by atoms with van der Waals surface area (Å²) in [6, 6.07) is 17.4. The van der Waals surface area contributed by atoms with E-state index >= 15 is 0 Å². The van der Waals surface area contributed by atoms with E-state index < -0.39 is 12.1 Å². The lowest BCUT2D eigenvalue weighted by atomic mass is 9.86. The Morgan fingerprint density at radius 3 is 1.90 bits per heavy atom. The predicted molar refractivity (Wildman–Crippen MR) is 83.5 cm³/mol. The van der Waals surface area contributed by atoms with Crippen molar-refractivity contribution in [1.29, 1.82) is 0 Å². The maximum atomic E-state index is 10.4. The summed E-state index contributed by atoms with van der Waals surface area (Å²) < 4.78 is 0. The van der Waals surface area contributed by atoms with E-state index in [9.17, 15) is 5.11 Å². The molecule has 106 valence electrons. The third-order valence-electron chi connectivity index (χ3n) is 3.64. The minimum atomic E-state index is -0.689. The molecule has 0 aliphatic rings. The molecule has 0 spiro atoms. The molecule has 2 unspecified atom stereocenters. The molecule has 2 aromatic rings. The smallest absolute Gasteiger partial charge is 0.0982 e. The van der Waals surface area contributed by atoms with Gasteiger partial charge in [-0.15, -0.1) is 0 Å².